The number of hydrazine groups is 1. The number of hydrogen-bond acceptors (Lipinski definition) is 5. The molecule has 2 aromatic heterocycles. The average Bonchev–Trinajstić information content (AvgIpc) is 3.03. The number of imidazole rings is 1. The molecule has 0 bridgehead atoms. The molecule has 2 heterocycles. The number of benzene rings is 1. The number of anilines is 1. The molecule has 0 radical (unpaired) electrons. The summed E-state index contributed by atoms with van der Waals surface area (Å²) in [6, 6.07) is 8.23. The number of nitrogens with zero attached hydrogens (tertiary/aromatic N) is 4. The maximum Gasteiger partial charge on any atom is 0.152 e. The lowest BCUT2D eigenvalue weighted by Crippen LogP contribution is -2.34. The van der Waals surface area contributed by atoms with Crippen LogP contribution in [0.15, 0.2) is 24.3 Å². The summed E-state index contributed by atoms with van der Waals surface area (Å²) in [6.07, 6.45) is 5.52. The molecule has 0 saturated carbocycles. The van der Waals surface area contributed by atoms with Crippen LogP contribution in [0.1, 0.15) is 45.4 Å². The fraction of sp³-hybridized carbons (Fsp3) is 0.524. The first kappa shape index (κ1) is 19.6. The standard InChI is InChI=1S/C21H32N6/c1-4-6-13-18-25-19-20(16-11-7-8-12-17(16)24-21(19)22)27(18)15-10-9-14-26(3)23-5-2/h7-8,11-12,23H,4-6,9-10,13-15H2,1-3H3,(H2,22,24). The van der Waals surface area contributed by atoms with E-state index in [1.807, 2.05) is 12.1 Å². The lowest BCUT2D eigenvalue weighted by molar-refractivity contribution is 0.235. The molecule has 6 nitrogen and oxygen atoms in total. The van der Waals surface area contributed by atoms with Gasteiger partial charge < -0.3 is 10.3 Å². The van der Waals surface area contributed by atoms with Crippen molar-refractivity contribution in [2.45, 2.75) is 52.5 Å². The van der Waals surface area contributed by atoms with E-state index in [9.17, 15) is 0 Å². The Hall–Kier alpha value is -2.18. The third-order valence-electron chi connectivity index (χ3n) is 5.00. The molecule has 3 aromatic rings. The molecule has 0 atom stereocenters. The lowest BCUT2D eigenvalue weighted by Gasteiger charge is -2.17. The molecule has 146 valence electrons. The molecular weight excluding hydrogens is 336 g/mol. The van der Waals surface area contributed by atoms with Gasteiger partial charge in [-0.05, 0) is 25.3 Å². The van der Waals surface area contributed by atoms with Crippen molar-refractivity contribution < 1.29 is 0 Å². The molecule has 0 aliphatic rings. The van der Waals surface area contributed by atoms with Gasteiger partial charge in [0.05, 0.1) is 11.0 Å². The van der Waals surface area contributed by atoms with Crippen molar-refractivity contribution in [2.75, 3.05) is 25.9 Å². The predicted octanol–water partition coefficient (Wildman–Crippen LogP) is 3.75. The molecule has 6 heteroatoms. The first-order chi connectivity index (χ1) is 13.2. The van der Waals surface area contributed by atoms with Gasteiger partial charge in [-0.2, -0.15) is 0 Å². The van der Waals surface area contributed by atoms with Crippen LogP contribution >= 0.6 is 0 Å². The van der Waals surface area contributed by atoms with Crippen molar-refractivity contribution in [1.29, 1.82) is 0 Å². The minimum atomic E-state index is 0.534. The van der Waals surface area contributed by atoms with Gasteiger partial charge in [-0.25, -0.2) is 15.0 Å². The molecule has 0 unspecified atom stereocenters. The number of nitrogens with two attached hydrogens (primary N) is 1. The Morgan fingerprint density at radius 3 is 2.70 bits per heavy atom. The molecule has 0 spiro atoms. The van der Waals surface area contributed by atoms with Crippen molar-refractivity contribution in [3.63, 3.8) is 0 Å². The summed E-state index contributed by atoms with van der Waals surface area (Å²) in [4.78, 5) is 9.46. The Labute approximate surface area is 161 Å². The summed E-state index contributed by atoms with van der Waals surface area (Å²) in [7, 11) is 2.10. The Bertz CT molecular complexity index is 885. The number of rotatable bonds is 10. The Morgan fingerprint density at radius 2 is 1.93 bits per heavy atom. The van der Waals surface area contributed by atoms with Crippen LogP contribution in [0.5, 0.6) is 0 Å². The van der Waals surface area contributed by atoms with E-state index < -0.39 is 0 Å². The van der Waals surface area contributed by atoms with Crippen molar-refractivity contribution in [3.05, 3.63) is 30.1 Å². The highest BCUT2D eigenvalue weighted by atomic mass is 15.5. The smallest absolute Gasteiger partial charge is 0.152 e. The van der Waals surface area contributed by atoms with Gasteiger partial charge in [0.15, 0.2) is 5.82 Å². The molecule has 3 rings (SSSR count). The van der Waals surface area contributed by atoms with Crippen LogP contribution in [0.25, 0.3) is 21.9 Å². The quantitative estimate of drug-likeness (QED) is 0.421. The number of fused-ring (bicyclic) bond motifs is 3. The molecule has 0 fully saturated rings. The van der Waals surface area contributed by atoms with Gasteiger partial charge in [-0.15, -0.1) is 0 Å². The second-order valence-corrected chi connectivity index (χ2v) is 7.13. The highest BCUT2D eigenvalue weighted by Gasteiger charge is 2.16. The summed E-state index contributed by atoms with van der Waals surface area (Å²) in [5, 5.41) is 3.31. The van der Waals surface area contributed by atoms with Crippen LogP contribution in [0.4, 0.5) is 5.82 Å². The van der Waals surface area contributed by atoms with Gasteiger partial charge in [0.2, 0.25) is 0 Å². The Balaban J connectivity index is 1.92. The lowest BCUT2D eigenvalue weighted by atomic mass is 10.2. The minimum Gasteiger partial charge on any atom is -0.382 e. The summed E-state index contributed by atoms with van der Waals surface area (Å²) >= 11 is 0. The zero-order chi connectivity index (χ0) is 19.2. The zero-order valence-electron chi connectivity index (χ0n) is 16.8. The first-order valence-electron chi connectivity index (χ1n) is 10.1. The average molecular weight is 369 g/mol. The van der Waals surface area contributed by atoms with E-state index in [2.05, 4.69) is 53.0 Å². The number of nitrogens with one attached hydrogen (secondary N) is 1. The van der Waals surface area contributed by atoms with E-state index >= 15 is 0 Å². The van der Waals surface area contributed by atoms with Gasteiger partial charge in [-0.3, -0.25) is 5.43 Å². The SMILES string of the molecule is CCCCc1nc2c(N)nc3ccccc3c2n1CCCCN(C)NCC. The van der Waals surface area contributed by atoms with E-state index in [1.165, 1.54) is 0 Å². The fourth-order valence-electron chi connectivity index (χ4n) is 3.64. The van der Waals surface area contributed by atoms with E-state index in [0.717, 1.165) is 79.5 Å². The maximum atomic E-state index is 6.26. The topological polar surface area (TPSA) is 72.0 Å². The third kappa shape index (κ3) is 4.39. The molecule has 0 amide bonds. The van der Waals surface area contributed by atoms with Gasteiger partial charge >= 0.3 is 0 Å². The monoisotopic (exact) mass is 368 g/mol. The van der Waals surface area contributed by atoms with Crippen LogP contribution in [0, 0.1) is 0 Å². The fourth-order valence-corrected chi connectivity index (χ4v) is 3.64. The number of hydrogen-bond donors (Lipinski definition) is 2. The number of aryl methyl sites for hydroxylation is 2. The zero-order valence-corrected chi connectivity index (χ0v) is 16.8. The Morgan fingerprint density at radius 1 is 1.11 bits per heavy atom. The van der Waals surface area contributed by atoms with Crippen molar-refractivity contribution in [3.8, 4) is 0 Å². The van der Waals surface area contributed by atoms with Gasteiger partial charge in [0.1, 0.15) is 11.3 Å². The number of aromatic nitrogens is 3. The molecule has 0 aliphatic heterocycles. The highest BCUT2D eigenvalue weighted by molar-refractivity contribution is 6.06. The van der Waals surface area contributed by atoms with Crippen molar-refractivity contribution in [1.82, 2.24) is 25.0 Å². The van der Waals surface area contributed by atoms with Crippen LogP contribution in [-0.2, 0) is 13.0 Å². The molecular formula is C21H32N6. The third-order valence-corrected chi connectivity index (χ3v) is 5.00. The summed E-state index contributed by atoms with van der Waals surface area (Å²) in [6.45, 7) is 7.30. The summed E-state index contributed by atoms with van der Waals surface area (Å²) in [5.41, 5.74) is 12.5. The predicted molar refractivity (Wildman–Crippen MR) is 114 cm³/mol. The largest absolute Gasteiger partial charge is 0.382 e. The van der Waals surface area contributed by atoms with Gasteiger partial charge in [0.25, 0.3) is 0 Å². The normalized spacial score (nSPS) is 11.9. The summed E-state index contributed by atoms with van der Waals surface area (Å²) in [5.74, 6) is 1.67. The number of pyridine rings is 1. The van der Waals surface area contributed by atoms with Gasteiger partial charge in [0, 0.05) is 38.5 Å². The van der Waals surface area contributed by atoms with Gasteiger partial charge in [-0.1, -0.05) is 38.5 Å². The van der Waals surface area contributed by atoms with E-state index in [0.29, 0.717) is 5.82 Å². The first-order valence-corrected chi connectivity index (χ1v) is 10.1. The van der Waals surface area contributed by atoms with Crippen LogP contribution in [0.2, 0.25) is 0 Å². The van der Waals surface area contributed by atoms with Crippen molar-refractivity contribution >= 4 is 27.8 Å². The molecule has 0 aliphatic carbocycles. The molecule has 3 N–H and O–H groups in total. The maximum absolute atomic E-state index is 6.26. The number of nitrogen functional groups attached to an aromatic ring is 1. The molecule has 0 saturated heterocycles. The van der Waals surface area contributed by atoms with E-state index in [1.54, 1.807) is 0 Å². The highest BCUT2D eigenvalue weighted by Crippen LogP contribution is 2.29. The number of unbranched alkanes of at least 4 members (excludes halogenated alkanes) is 2. The summed E-state index contributed by atoms with van der Waals surface area (Å²) < 4.78 is 2.39. The second-order valence-electron chi connectivity index (χ2n) is 7.13. The number of para-hydroxylation sites is 1. The van der Waals surface area contributed by atoms with E-state index in [-0.39, 0.29) is 0 Å². The van der Waals surface area contributed by atoms with Crippen molar-refractivity contribution in [2.24, 2.45) is 0 Å². The second kappa shape index (κ2) is 9.15. The van der Waals surface area contributed by atoms with Crippen LogP contribution < -0.4 is 11.2 Å². The Kier molecular flexibility index (Phi) is 6.63. The minimum absolute atomic E-state index is 0.534. The van der Waals surface area contributed by atoms with Crippen LogP contribution in [-0.4, -0.2) is 39.7 Å². The van der Waals surface area contributed by atoms with Crippen LogP contribution in [0.3, 0.4) is 0 Å². The van der Waals surface area contributed by atoms with E-state index in [4.69, 9.17) is 10.7 Å². The molecule has 1 aromatic carbocycles. The molecule has 27 heavy (non-hydrogen) atoms.